The summed E-state index contributed by atoms with van der Waals surface area (Å²) >= 11 is 0. The molecular formula is C20H24O. The summed E-state index contributed by atoms with van der Waals surface area (Å²) in [4.78, 5) is 0. The molecule has 1 heterocycles. The second-order valence-corrected chi connectivity index (χ2v) is 7.78. The molecule has 0 aromatic heterocycles. The third-order valence-corrected chi connectivity index (χ3v) is 5.92. The Kier molecular flexibility index (Phi) is 2.67. The zero-order chi connectivity index (χ0) is 14.7. The predicted molar refractivity (Wildman–Crippen MR) is 87.8 cm³/mol. The first kappa shape index (κ1) is 13.2. The molecule has 2 aromatic rings. The van der Waals surface area contributed by atoms with Gasteiger partial charge in [-0.1, -0.05) is 44.2 Å². The fourth-order valence-electron chi connectivity index (χ4n) is 4.76. The van der Waals surface area contributed by atoms with E-state index in [1.54, 1.807) is 0 Å². The number of fused-ring (bicyclic) bond motifs is 4. The van der Waals surface area contributed by atoms with Gasteiger partial charge in [-0.05, 0) is 54.9 Å². The van der Waals surface area contributed by atoms with Crippen LogP contribution in [0.15, 0.2) is 36.4 Å². The van der Waals surface area contributed by atoms with E-state index in [4.69, 9.17) is 4.74 Å². The Labute approximate surface area is 127 Å². The van der Waals surface area contributed by atoms with Gasteiger partial charge < -0.3 is 4.74 Å². The predicted octanol–water partition coefficient (Wildman–Crippen LogP) is 5.36. The van der Waals surface area contributed by atoms with Gasteiger partial charge in [-0.25, -0.2) is 0 Å². The maximum Gasteiger partial charge on any atom is 0.123 e. The number of hydrogen-bond donors (Lipinski definition) is 0. The molecule has 2 unspecified atom stereocenters. The smallest absolute Gasteiger partial charge is 0.123 e. The molecule has 4 rings (SSSR count). The van der Waals surface area contributed by atoms with E-state index < -0.39 is 0 Å². The van der Waals surface area contributed by atoms with Gasteiger partial charge in [-0.2, -0.15) is 0 Å². The van der Waals surface area contributed by atoms with Crippen molar-refractivity contribution < 1.29 is 4.74 Å². The first-order chi connectivity index (χ1) is 10.00. The molecule has 110 valence electrons. The number of benzene rings is 2. The highest BCUT2D eigenvalue weighted by molar-refractivity contribution is 5.88. The Morgan fingerprint density at radius 2 is 1.81 bits per heavy atom. The van der Waals surface area contributed by atoms with E-state index in [0.29, 0.717) is 11.3 Å². The summed E-state index contributed by atoms with van der Waals surface area (Å²) in [6, 6.07) is 13.1. The average Bonchev–Trinajstić information content (AvgIpc) is 2.45. The molecule has 2 aliphatic rings. The molecule has 0 spiro atoms. The molecular weight excluding hydrogens is 256 g/mol. The molecule has 0 radical (unpaired) electrons. The fraction of sp³-hybridized carbons (Fsp3) is 0.500. The molecule has 2 atom stereocenters. The Bertz CT molecular complexity index is 700. The first-order valence-corrected chi connectivity index (χ1v) is 8.19. The molecule has 1 saturated carbocycles. The normalized spacial score (nSPS) is 30.3. The summed E-state index contributed by atoms with van der Waals surface area (Å²) in [5.74, 6) is 1.72. The second kappa shape index (κ2) is 4.25. The molecule has 1 aliphatic carbocycles. The van der Waals surface area contributed by atoms with Gasteiger partial charge in [-0.3, -0.25) is 0 Å². The standard InChI is InChI=1S/C20H24O/c1-19(2)11-6-12-20(3)18(19)13-16-15-8-5-4-7-14(15)9-10-17(16)21-20/h4-5,7-10,18H,6,11-13H2,1-3H3. The van der Waals surface area contributed by atoms with Crippen LogP contribution in [0.5, 0.6) is 5.75 Å². The van der Waals surface area contributed by atoms with Gasteiger partial charge in [-0.15, -0.1) is 0 Å². The van der Waals surface area contributed by atoms with Crippen LogP contribution in [0.2, 0.25) is 0 Å². The Morgan fingerprint density at radius 1 is 1.00 bits per heavy atom. The summed E-state index contributed by atoms with van der Waals surface area (Å²) in [6.07, 6.45) is 4.94. The lowest BCUT2D eigenvalue weighted by molar-refractivity contribution is -0.0811. The monoisotopic (exact) mass is 280 g/mol. The largest absolute Gasteiger partial charge is 0.487 e. The van der Waals surface area contributed by atoms with Crippen molar-refractivity contribution in [2.45, 2.75) is 52.1 Å². The Balaban J connectivity index is 1.89. The van der Waals surface area contributed by atoms with Crippen LogP contribution in [-0.2, 0) is 6.42 Å². The lowest BCUT2D eigenvalue weighted by atomic mass is 9.59. The first-order valence-electron chi connectivity index (χ1n) is 8.19. The fourth-order valence-corrected chi connectivity index (χ4v) is 4.76. The highest BCUT2D eigenvalue weighted by atomic mass is 16.5. The minimum atomic E-state index is 0.0111. The van der Waals surface area contributed by atoms with E-state index in [0.717, 1.165) is 12.2 Å². The lowest BCUT2D eigenvalue weighted by Gasteiger charge is -2.53. The number of hydrogen-bond acceptors (Lipinski definition) is 1. The molecule has 0 N–H and O–H groups in total. The van der Waals surface area contributed by atoms with Crippen molar-refractivity contribution in [3.05, 3.63) is 42.0 Å². The SMILES string of the molecule is CC1(C)CCCC2(C)Oc3ccc4ccccc4c3CC12. The summed E-state index contributed by atoms with van der Waals surface area (Å²) in [5.41, 5.74) is 1.80. The van der Waals surface area contributed by atoms with E-state index in [-0.39, 0.29) is 5.60 Å². The second-order valence-electron chi connectivity index (χ2n) is 7.78. The van der Waals surface area contributed by atoms with Crippen LogP contribution in [-0.4, -0.2) is 5.60 Å². The van der Waals surface area contributed by atoms with Crippen molar-refractivity contribution in [1.82, 2.24) is 0 Å². The summed E-state index contributed by atoms with van der Waals surface area (Å²) in [5, 5.41) is 2.70. The van der Waals surface area contributed by atoms with Gasteiger partial charge in [0.15, 0.2) is 0 Å². The van der Waals surface area contributed by atoms with Crippen molar-refractivity contribution in [3.63, 3.8) is 0 Å². The van der Waals surface area contributed by atoms with Crippen LogP contribution < -0.4 is 4.74 Å². The highest BCUT2D eigenvalue weighted by Crippen LogP contribution is 2.53. The van der Waals surface area contributed by atoms with Crippen LogP contribution in [0.1, 0.15) is 45.6 Å². The van der Waals surface area contributed by atoms with E-state index in [1.807, 2.05) is 0 Å². The summed E-state index contributed by atoms with van der Waals surface area (Å²) in [6.45, 7) is 7.18. The Hall–Kier alpha value is -1.50. The van der Waals surface area contributed by atoms with E-state index in [9.17, 15) is 0 Å². The van der Waals surface area contributed by atoms with E-state index in [2.05, 4.69) is 57.2 Å². The number of ether oxygens (including phenoxy) is 1. The van der Waals surface area contributed by atoms with Gasteiger partial charge in [0, 0.05) is 11.5 Å². The molecule has 21 heavy (non-hydrogen) atoms. The maximum atomic E-state index is 6.57. The highest BCUT2D eigenvalue weighted by Gasteiger charge is 2.50. The van der Waals surface area contributed by atoms with Crippen LogP contribution in [0, 0.1) is 11.3 Å². The molecule has 1 aliphatic heterocycles. The molecule has 1 heteroatoms. The third kappa shape index (κ3) is 1.90. The molecule has 1 nitrogen and oxygen atoms in total. The molecule has 0 bridgehead atoms. The molecule has 0 amide bonds. The van der Waals surface area contributed by atoms with Crippen molar-refractivity contribution in [1.29, 1.82) is 0 Å². The maximum absolute atomic E-state index is 6.57. The van der Waals surface area contributed by atoms with Crippen molar-refractivity contribution in [3.8, 4) is 5.75 Å². The zero-order valence-corrected chi connectivity index (χ0v) is 13.3. The third-order valence-electron chi connectivity index (χ3n) is 5.92. The van der Waals surface area contributed by atoms with Gasteiger partial charge in [0.05, 0.1) is 0 Å². The molecule has 0 saturated heterocycles. The lowest BCUT2D eigenvalue weighted by Crippen LogP contribution is -2.53. The minimum absolute atomic E-state index is 0.0111. The van der Waals surface area contributed by atoms with Crippen molar-refractivity contribution in [2.75, 3.05) is 0 Å². The Morgan fingerprint density at radius 3 is 2.67 bits per heavy atom. The quantitative estimate of drug-likeness (QED) is 0.631. The van der Waals surface area contributed by atoms with Gasteiger partial charge in [0.25, 0.3) is 0 Å². The zero-order valence-electron chi connectivity index (χ0n) is 13.3. The average molecular weight is 280 g/mol. The summed E-state index contributed by atoms with van der Waals surface area (Å²) in [7, 11) is 0. The number of rotatable bonds is 0. The van der Waals surface area contributed by atoms with Crippen LogP contribution in [0.25, 0.3) is 10.8 Å². The van der Waals surface area contributed by atoms with Crippen LogP contribution >= 0.6 is 0 Å². The van der Waals surface area contributed by atoms with E-state index >= 15 is 0 Å². The minimum Gasteiger partial charge on any atom is -0.487 e. The van der Waals surface area contributed by atoms with Crippen molar-refractivity contribution in [2.24, 2.45) is 11.3 Å². The van der Waals surface area contributed by atoms with Crippen LogP contribution in [0.3, 0.4) is 0 Å². The molecule has 1 fully saturated rings. The van der Waals surface area contributed by atoms with Crippen LogP contribution in [0.4, 0.5) is 0 Å². The van der Waals surface area contributed by atoms with Gasteiger partial charge >= 0.3 is 0 Å². The van der Waals surface area contributed by atoms with E-state index in [1.165, 1.54) is 35.6 Å². The van der Waals surface area contributed by atoms with Crippen molar-refractivity contribution >= 4 is 10.8 Å². The van der Waals surface area contributed by atoms with Gasteiger partial charge in [0.1, 0.15) is 11.4 Å². The molecule has 2 aromatic carbocycles. The van der Waals surface area contributed by atoms with Gasteiger partial charge in [0.2, 0.25) is 0 Å². The summed E-state index contributed by atoms with van der Waals surface area (Å²) < 4.78 is 6.57. The topological polar surface area (TPSA) is 9.23 Å².